The summed E-state index contributed by atoms with van der Waals surface area (Å²) in [7, 11) is 1.57. The van der Waals surface area contributed by atoms with Gasteiger partial charge >= 0.3 is 5.97 Å². The summed E-state index contributed by atoms with van der Waals surface area (Å²) in [6.07, 6.45) is 4.19. The topological polar surface area (TPSA) is 73.9 Å². The van der Waals surface area contributed by atoms with Crippen molar-refractivity contribution < 1.29 is 23.8 Å². The lowest BCUT2D eigenvalue weighted by Crippen LogP contribution is -2.42. The molecule has 1 aliphatic carbocycles. The Labute approximate surface area is 148 Å². The van der Waals surface area contributed by atoms with Crippen LogP contribution in [0.4, 0.5) is 5.69 Å². The minimum Gasteiger partial charge on any atom is -0.493 e. The van der Waals surface area contributed by atoms with Gasteiger partial charge in [-0.2, -0.15) is 0 Å². The van der Waals surface area contributed by atoms with Gasteiger partial charge in [0.2, 0.25) is 0 Å². The number of carbonyl (C=O) groups is 2. The molecule has 1 saturated carbocycles. The molecular formula is C19H27NO5. The van der Waals surface area contributed by atoms with E-state index in [1.54, 1.807) is 32.2 Å². The quantitative estimate of drug-likeness (QED) is 0.727. The van der Waals surface area contributed by atoms with E-state index in [-0.39, 0.29) is 12.5 Å². The second kappa shape index (κ2) is 8.85. The van der Waals surface area contributed by atoms with Crippen molar-refractivity contribution in [1.82, 2.24) is 0 Å². The SMILES string of the molecule is CCCOc1ccc(NC(=O)C2(OC)CCCC2)cc1C(=O)OCC. The van der Waals surface area contributed by atoms with Crippen LogP contribution in [0.2, 0.25) is 0 Å². The van der Waals surface area contributed by atoms with E-state index in [0.29, 0.717) is 36.4 Å². The van der Waals surface area contributed by atoms with Crippen LogP contribution in [0, 0.1) is 0 Å². The van der Waals surface area contributed by atoms with Crippen LogP contribution in [0.5, 0.6) is 5.75 Å². The number of methoxy groups -OCH3 is 1. The van der Waals surface area contributed by atoms with Crippen LogP contribution in [0.25, 0.3) is 0 Å². The average molecular weight is 349 g/mol. The molecule has 0 atom stereocenters. The highest BCUT2D eigenvalue weighted by Gasteiger charge is 2.41. The van der Waals surface area contributed by atoms with E-state index in [0.717, 1.165) is 19.3 Å². The minimum atomic E-state index is -0.776. The summed E-state index contributed by atoms with van der Waals surface area (Å²) in [4.78, 5) is 24.9. The molecule has 0 saturated heterocycles. The van der Waals surface area contributed by atoms with Crippen molar-refractivity contribution in [2.45, 2.75) is 51.6 Å². The molecule has 0 aromatic heterocycles. The van der Waals surface area contributed by atoms with Crippen LogP contribution >= 0.6 is 0 Å². The first-order valence-electron chi connectivity index (χ1n) is 8.87. The number of esters is 1. The van der Waals surface area contributed by atoms with Gasteiger partial charge in [-0.25, -0.2) is 4.79 Å². The third-order valence-electron chi connectivity index (χ3n) is 4.41. The second-order valence-electron chi connectivity index (χ2n) is 6.14. The van der Waals surface area contributed by atoms with Gasteiger partial charge in [0, 0.05) is 12.8 Å². The van der Waals surface area contributed by atoms with Gasteiger partial charge in [-0.05, 0) is 57.2 Å². The third kappa shape index (κ3) is 4.51. The number of hydrogen-bond donors (Lipinski definition) is 1. The fraction of sp³-hybridized carbons (Fsp3) is 0.579. The summed E-state index contributed by atoms with van der Waals surface area (Å²) >= 11 is 0. The molecule has 1 aromatic carbocycles. The first-order valence-corrected chi connectivity index (χ1v) is 8.87. The van der Waals surface area contributed by atoms with E-state index >= 15 is 0 Å². The molecule has 1 aliphatic rings. The number of benzene rings is 1. The zero-order chi connectivity index (χ0) is 18.3. The Hall–Kier alpha value is -2.08. The van der Waals surface area contributed by atoms with Gasteiger partial charge in [-0.15, -0.1) is 0 Å². The van der Waals surface area contributed by atoms with Crippen LogP contribution in [-0.4, -0.2) is 37.8 Å². The van der Waals surface area contributed by atoms with E-state index in [2.05, 4.69) is 5.32 Å². The number of amides is 1. The maximum Gasteiger partial charge on any atom is 0.341 e. The second-order valence-corrected chi connectivity index (χ2v) is 6.14. The highest BCUT2D eigenvalue weighted by Crippen LogP contribution is 2.34. The molecular weight excluding hydrogens is 322 g/mol. The van der Waals surface area contributed by atoms with Gasteiger partial charge < -0.3 is 19.5 Å². The van der Waals surface area contributed by atoms with Crippen LogP contribution in [0.3, 0.4) is 0 Å². The maximum atomic E-state index is 12.6. The molecule has 1 aromatic rings. The van der Waals surface area contributed by atoms with Crippen LogP contribution in [-0.2, 0) is 14.3 Å². The largest absolute Gasteiger partial charge is 0.493 e. The van der Waals surface area contributed by atoms with Gasteiger partial charge in [-0.3, -0.25) is 4.79 Å². The molecule has 0 unspecified atom stereocenters. The van der Waals surface area contributed by atoms with Crippen molar-refractivity contribution in [3.05, 3.63) is 23.8 Å². The molecule has 1 N–H and O–H groups in total. The van der Waals surface area contributed by atoms with Crippen LogP contribution in [0.15, 0.2) is 18.2 Å². The Morgan fingerprint density at radius 2 is 1.92 bits per heavy atom. The number of ether oxygens (including phenoxy) is 3. The van der Waals surface area contributed by atoms with Gasteiger partial charge in [0.15, 0.2) is 0 Å². The van der Waals surface area contributed by atoms with Crippen molar-refractivity contribution in [1.29, 1.82) is 0 Å². The predicted molar refractivity (Wildman–Crippen MR) is 95.0 cm³/mol. The average Bonchev–Trinajstić information content (AvgIpc) is 3.11. The first-order chi connectivity index (χ1) is 12.1. The number of carbonyl (C=O) groups excluding carboxylic acids is 2. The zero-order valence-electron chi connectivity index (χ0n) is 15.2. The van der Waals surface area contributed by atoms with E-state index in [1.165, 1.54) is 0 Å². The Balaban J connectivity index is 2.21. The fourth-order valence-corrected chi connectivity index (χ4v) is 3.03. The van der Waals surface area contributed by atoms with E-state index in [1.807, 2.05) is 6.92 Å². The minimum absolute atomic E-state index is 0.176. The number of nitrogens with one attached hydrogen (secondary N) is 1. The summed E-state index contributed by atoms with van der Waals surface area (Å²) in [5.74, 6) is -0.183. The fourth-order valence-electron chi connectivity index (χ4n) is 3.03. The Kier molecular flexibility index (Phi) is 6.82. The lowest BCUT2D eigenvalue weighted by molar-refractivity contribution is -0.137. The molecule has 0 aliphatic heterocycles. The van der Waals surface area contributed by atoms with E-state index in [9.17, 15) is 9.59 Å². The molecule has 6 nitrogen and oxygen atoms in total. The number of anilines is 1. The molecule has 0 radical (unpaired) electrons. The summed E-state index contributed by atoms with van der Waals surface area (Å²) < 4.78 is 16.2. The molecule has 0 heterocycles. The highest BCUT2D eigenvalue weighted by molar-refractivity contribution is 5.99. The Morgan fingerprint density at radius 1 is 1.20 bits per heavy atom. The number of hydrogen-bond acceptors (Lipinski definition) is 5. The van der Waals surface area contributed by atoms with E-state index in [4.69, 9.17) is 14.2 Å². The maximum absolute atomic E-state index is 12.6. The van der Waals surface area contributed by atoms with Crippen molar-refractivity contribution in [3.63, 3.8) is 0 Å². The summed E-state index contributed by atoms with van der Waals surface area (Å²) in [5, 5.41) is 2.87. The monoisotopic (exact) mass is 349 g/mol. The lowest BCUT2D eigenvalue weighted by Gasteiger charge is -2.26. The molecule has 0 spiro atoms. The third-order valence-corrected chi connectivity index (χ3v) is 4.41. The summed E-state index contributed by atoms with van der Waals surface area (Å²) in [6.45, 7) is 4.52. The van der Waals surface area contributed by atoms with Crippen molar-refractivity contribution in [3.8, 4) is 5.75 Å². The van der Waals surface area contributed by atoms with Crippen LogP contribution in [0.1, 0.15) is 56.3 Å². The van der Waals surface area contributed by atoms with Crippen molar-refractivity contribution in [2.24, 2.45) is 0 Å². The summed E-state index contributed by atoms with van der Waals surface area (Å²) in [6, 6.07) is 5.01. The van der Waals surface area contributed by atoms with E-state index < -0.39 is 11.6 Å². The summed E-state index contributed by atoms with van der Waals surface area (Å²) in [5.41, 5.74) is 0.0628. The molecule has 6 heteroatoms. The van der Waals surface area contributed by atoms with Gasteiger partial charge in [0.1, 0.15) is 16.9 Å². The Bertz CT molecular complexity index is 608. The molecule has 0 bridgehead atoms. The van der Waals surface area contributed by atoms with Crippen molar-refractivity contribution in [2.75, 3.05) is 25.6 Å². The predicted octanol–water partition coefficient (Wildman–Crippen LogP) is 3.55. The van der Waals surface area contributed by atoms with Gasteiger partial charge in [0.05, 0.1) is 13.2 Å². The molecule has 1 fully saturated rings. The number of rotatable bonds is 8. The van der Waals surface area contributed by atoms with Gasteiger partial charge in [0.25, 0.3) is 5.91 Å². The van der Waals surface area contributed by atoms with Crippen LogP contribution < -0.4 is 10.1 Å². The molecule has 25 heavy (non-hydrogen) atoms. The molecule has 2 rings (SSSR count). The van der Waals surface area contributed by atoms with Crippen molar-refractivity contribution >= 4 is 17.6 Å². The lowest BCUT2D eigenvalue weighted by atomic mass is 10.0. The molecule has 1 amide bonds. The highest BCUT2D eigenvalue weighted by atomic mass is 16.5. The molecule has 138 valence electrons. The first kappa shape index (κ1) is 19.2. The Morgan fingerprint density at radius 3 is 2.52 bits per heavy atom. The smallest absolute Gasteiger partial charge is 0.341 e. The standard InChI is InChI=1S/C19H27NO5/c1-4-12-25-16-9-8-14(13-15(16)17(21)24-5-2)20-18(22)19(23-3)10-6-7-11-19/h8-9,13H,4-7,10-12H2,1-3H3,(H,20,22). The van der Waals surface area contributed by atoms with Gasteiger partial charge in [-0.1, -0.05) is 6.92 Å². The normalized spacial score (nSPS) is 15.6. The zero-order valence-corrected chi connectivity index (χ0v) is 15.2.